The van der Waals surface area contributed by atoms with Gasteiger partial charge >= 0.3 is 0 Å². The van der Waals surface area contributed by atoms with E-state index in [1.807, 2.05) is 6.07 Å². The molecule has 1 aromatic rings. The molecule has 0 unspecified atom stereocenters. The second-order valence-electron chi connectivity index (χ2n) is 5.86. The molecule has 1 fully saturated rings. The van der Waals surface area contributed by atoms with Gasteiger partial charge in [0.25, 0.3) is 0 Å². The van der Waals surface area contributed by atoms with Gasteiger partial charge in [-0.1, -0.05) is 60.3 Å². The number of benzene rings is 1. The lowest BCUT2D eigenvalue weighted by Crippen LogP contribution is -2.37. The van der Waals surface area contributed by atoms with Crippen LogP contribution in [-0.2, 0) is 5.33 Å². The van der Waals surface area contributed by atoms with Gasteiger partial charge in [0.15, 0.2) is 0 Å². The molecule has 0 atom stereocenters. The maximum absolute atomic E-state index is 6.36. The standard InChI is InChI=1S/C16H23BrClN/c1-12(2)11-19(13-6-3-4-7-13)16-9-5-8-15(18)14(16)10-17/h5,8-9,12-13H,3-4,6-7,10-11H2,1-2H3. The number of hydrogen-bond acceptors (Lipinski definition) is 1. The van der Waals surface area contributed by atoms with Crippen LogP contribution >= 0.6 is 27.5 Å². The fraction of sp³-hybridized carbons (Fsp3) is 0.625. The molecule has 0 aliphatic heterocycles. The molecule has 3 heteroatoms. The van der Waals surface area contributed by atoms with Gasteiger partial charge in [-0.15, -0.1) is 0 Å². The summed E-state index contributed by atoms with van der Waals surface area (Å²) in [6.07, 6.45) is 5.37. The minimum absolute atomic E-state index is 0.669. The maximum Gasteiger partial charge on any atom is 0.0467 e. The molecule has 1 nitrogen and oxygen atoms in total. The van der Waals surface area contributed by atoms with Crippen LogP contribution < -0.4 is 4.90 Å². The monoisotopic (exact) mass is 343 g/mol. The molecule has 1 aliphatic carbocycles. The highest BCUT2D eigenvalue weighted by Gasteiger charge is 2.25. The van der Waals surface area contributed by atoms with E-state index < -0.39 is 0 Å². The van der Waals surface area contributed by atoms with Crippen molar-refractivity contribution in [2.24, 2.45) is 5.92 Å². The normalized spacial score (nSPS) is 16.3. The summed E-state index contributed by atoms with van der Waals surface area (Å²) in [6, 6.07) is 6.98. The maximum atomic E-state index is 6.36. The Kier molecular flexibility index (Phi) is 5.58. The predicted molar refractivity (Wildman–Crippen MR) is 88.5 cm³/mol. The van der Waals surface area contributed by atoms with E-state index in [0.717, 1.165) is 16.9 Å². The average Bonchev–Trinajstić information content (AvgIpc) is 2.89. The zero-order valence-corrected chi connectivity index (χ0v) is 14.2. The van der Waals surface area contributed by atoms with E-state index in [-0.39, 0.29) is 0 Å². The van der Waals surface area contributed by atoms with Crippen molar-refractivity contribution in [3.63, 3.8) is 0 Å². The number of alkyl halides is 1. The van der Waals surface area contributed by atoms with Crippen molar-refractivity contribution in [2.45, 2.75) is 50.9 Å². The van der Waals surface area contributed by atoms with E-state index in [1.165, 1.54) is 36.9 Å². The molecule has 106 valence electrons. The van der Waals surface area contributed by atoms with Gasteiger partial charge in [0.1, 0.15) is 0 Å². The Morgan fingerprint density at radius 3 is 2.58 bits per heavy atom. The smallest absolute Gasteiger partial charge is 0.0467 e. The summed E-state index contributed by atoms with van der Waals surface area (Å²) < 4.78 is 0. The fourth-order valence-electron chi connectivity index (χ4n) is 3.00. The van der Waals surface area contributed by atoms with E-state index in [1.54, 1.807) is 0 Å². The highest BCUT2D eigenvalue weighted by molar-refractivity contribution is 9.08. The van der Waals surface area contributed by atoms with Crippen LogP contribution in [0.25, 0.3) is 0 Å². The van der Waals surface area contributed by atoms with Crippen LogP contribution in [0.2, 0.25) is 5.02 Å². The number of halogens is 2. The van der Waals surface area contributed by atoms with E-state index in [4.69, 9.17) is 11.6 Å². The SMILES string of the molecule is CC(C)CN(c1cccc(Cl)c1CBr)C1CCCC1. The third kappa shape index (κ3) is 3.66. The van der Waals surface area contributed by atoms with E-state index >= 15 is 0 Å². The number of anilines is 1. The molecular formula is C16H23BrClN. The van der Waals surface area contributed by atoms with E-state index in [0.29, 0.717) is 12.0 Å². The van der Waals surface area contributed by atoms with E-state index in [2.05, 4.69) is 46.8 Å². The van der Waals surface area contributed by atoms with Crippen molar-refractivity contribution >= 4 is 33.2 Å². The van der Waals surface area contributed by atoms with Crippen molar-refractivity contribution in [3.8, 4) is 0 Å². The Hall–Kier alpha value is -0.210. The van der Waals surface area contributed by atoms with E-state index in [9.17, 15) is 0 Å². The van der Waals surface area contributed by atoms with Crippen LogP contribution in [0.15, 0.2) is 18.2 Å². The molecule has 0 saturated heterocycles. The molecule has 1 saturated carbocycles. The van der Waals surface area contributed by atoms with Gasteiger partial charge in [0.05, 0.1) is 0 Å². The molecule has 0 N–H and O–H groups in total. The lowest BCUT2D eigenvalue weighted by Gasteiger charge is -2.34. The molecule has 0 heterocycles. The summed E-state index contributed by atoms with van der Waals surface area (Å²) in [5.74, 6) is 0.669. The van der Waals surface area contributed by atoms with Crippen LogP contribution in [0.1, 0.15) is 45.1 Å². The molecule has 1 aliphatic rings. The Balaban J connectivity index is 2.33. The lowest BCUT2D eigenvalue weighted by molar-refractivity contribution is 0.535. The molecule has 0 aromatic heterocycles. The largest absolute Gasteiger partial charge is 0.368 e. The molecule has 0 amide bonds. The van der Waals surface area contributed by atoms with Gasteiger partial charge in [-0.25, -0.2) is 0 Å². The van der Waals surface area contributed by atoms with Crippen molar-refractivity contribution in [1.29, 1.82) is 0 Å². The quantitative estimate of drug-likeness (QED) is 0.625. The average molecular weight is 345 g/mol. The van der Waals surface area contributed by atoms with Crippen LogP contribution in [0, 0.1) is 5.92 Å². The summed E-state index contributed by atoms with van der Waals surface area (Å²) in [7, 11) is 0. The molecule has 0 radical (unpaired) electrons. The molecule has 0 spiro atoms. The van der Waals surface area contributed by atoms with Gasteiger partial charge < -0.3 is 4.90 Å². The number of hydrogen-bond donors (Lipinski definition) is 0. The van der Waals surface area contributed by atoms with Gasteiger partial charge in [-0.05, 0) is 30.9 Å². The van der Waals surface area contributed by atoms with Crippen LogP contribution in [-0.4, -0.2) is 12.6 Å². The lowest BCUT2D eigenvalue weighted by atomic mass is 10.1. The summed E-state index contributed by atoms with van der Waals surface area (Å²) in [4.78, 5) is 2.60. The molecule has 1 aromatic carbocycles. The summed E-state index contributed by atoms with van der Waals surface area (Å²) >= 11 is 9.95. The Morgan fingerprint density at radius 2 is 2.00 bits per heavy atom. The van der Waals surface area contributed by atoms with Gasteiger partial charge in [-0.3, -0.25) is 0 Å². The van der Waals surface area contributed by atoms with Crippen LogP contribution in [0.3, 0.4) is 0 Å². The molecule has 0 bridgehead atoms. The molecule has 19 heavy (non-hydrogen) atoms. The second kappa shape index (κ2) is 6.99. The minimum Gasteiger partial charge on any atom is -0.368 e. The van der Waals surface area contributed by atoms with Crippen molar-refractivity contribution in [1.82, 2.24) is 0 Å². The van der Waals surface area contributed by atoms with Crippen LogP contribution in [0.5, 0.6) is 0 Å². The first-order chi connectivity index (χ1) is 9.13. The van der Waals surface area contributed by atoms with Crippen LogP contribution in [0.4, 0.5) is 5.69 Å². The molecule has 2 rings (SSSR count). The zero-order chi connectivity index (χ0) is 13.8. The topological polar surface area (TPSA) is 3.24 Å². The highest BCUT2D eigenvalue weighted by atomic mass is 79.9. The predicted octanol–water partition coefficient (Wildman–Crippen LogP) is 5.64. The first kappa shape index (κ1) is 15.2. The highest BCUT2D eigenvalue weighted by Crippen LogP contribution is 2.35. The van der Waals surface area contributed by atoms with Gasteiger partial charge in [0, 0.05) is 34.2 Å². The van der Waals surface area contributed by atoms with Crippen molar-refractivity contribution in [3.05, 3.63) is 28.8 Å². The number of nitrogens with zero attached hydrogens (tertiary/aromatic N) is 1. The molecular weight excluding hydrogens is 322 g/mol. The Morgan fingerprint density at radius 1 is 1.32 bits per heavy atom. The number of rotatable bonds is 5. The second-order valence-corrected chi connectivity index (χ2v) is 6.82. The first-order valence-electron chi connectivity index (χ1n) is 7.23. The van der Waals surface area contributed by atoms with Crippen molar-refractivity contribution in [2.75, 3.05) is 11.4 Å². The van der Waals surface area contributed by atoms with Gasteiger partial charge in [-0.2, -0.15) is 0 Å². The third-order valence-corrected chi connectivity index (χ3v) is 4.78. The third-order valence-electron chi connectivity index (χ3n) is 3.86. The minimum atomic E-state index is 0.669. The summed E-state index contributed by atoms with van der Waals surface area (Å²) in [5.41, 5.74) is 2.56. The zero-order valence-electron chi connectivity index (χ0n) is 11.8. The van der Waals surface area contributed by atoms with Gasteiger partial charge in [0.2, 0.25) is 0 Å². The summed E-state index contributed by atoms with van der Waals surface area (Å²) in [6.45, 7) is 5.70. The first-order valence-corrected chi connectivity index (χ1v) is 8.73. The fourth-order valence-corrected chi connectivity index (χ4v) is 3.99. The summed E-state index contributed by atoms with van der Waals surface area (Å²) in [5, 5.41) is 1.70. The van der Waals surface area contributed by atoms with Crippen molar-refractivity contribution < 1.29 is 0 Å². The Labute approximate surface area is 130 Å². The Bertz CT molecular complexity index is 413.